The van der Waals surface area contributed by atoms with Gasteiger partial charge in [-0.2, -0.15) is 0 Å². The highest BCUT2D eigenvalue weighted by molar-refractivity contribution is 5.92. The molecule has 1 aromatic carbocycles. The molecule has 0 aliphatic carbocycles. The molecule has 0 bridgehead atoms. The molecule has 1 aromatic rings. The van der Waals surface area contributed by atoms with Crippen LogP contribution in [0.15, 0.2) is 24.3 Å². The average molecular weight is 476 g/mol. The van der Waals surface area contributed by atoms with E-state index in [4.69, 9.17) is 4.74 Å². The normalized spacial score (nSPS) is 22.1. The maximum Gasteiger partial charge on any atom is 0.307 e. The minimum absolute atomic E-state index is 0.0932. The molecule has 0 spiro atoms. The molecule has 0 radical (unpaired) electrons. The van der Waals surface area contributed by atoms with Crippen molar-refractivity contribution in [2.45, 2.75) is 57.9 Å². The summed E-state index contributed by atoms with van der Waals surface area (Å²) in [5.41, 5.74) is 0.963. The Labute approximate surface area is 201 Å². The van der Waals surface area contributed by atoms with E-state index in [2.05, 4.69) is 25.8 Å². The quantitative estimate of drug-likeness (QED) is 0.411. The standard InChI is InChI=1S/C24H37N5O5/c1-24(2,3)34-22(32)9-10-28-11-13-29(14-12-28)16-21(31)26-18-6-4-5-17(15-18)25-19-7-8-20(30)27-23(19)33/h4-6,15,19,23,25,33H,7-14,16H2,1-3H3,(H,26,31)(H,27,30). The number of ether oxygens (including phenoxy) is 1. The van der Waals surface area contributed by atoms with Crippen LogP contribution >= 0.6 is 0 Å². The van der Waals surface area contributed by atoms with Crippen molar-refractivity contribution < 1.29 is 24.2 Å². The number of aliphatic hydroxyl groups is 1. The van der Waals surface area contributed by atoms with Gasteiger partial charge < -0.3 is 30.7 Å². The summed E-state index contributed by atoms with van der Waals surface area (Å²) in [6.07, 6.45) is 0.321. The molecule has 0 saturated carbocycles. The van der Waals surface area contributed by atoms with Crippen LogP contribution in [0.1, 0.15) is 40.0 Å². The van der Waals surface area contributed by atoms with Gasteiger partial charge in [0.2, 0.25) is 11.8 Å². The number of esters is 1. The highest BCUT2D eigenvalue weighted by Crippen LogP contribution is 2.19. The highest BCUT2D eigenvalue weighted by atomic mass is 16.6. The monoisotopic (exact) mass is 475 g/mol. The van der Waals surface area contributed by atoms with Crippen LogP contribution in [0.2, 0.25) is 0 Å². The SMILES string of the molecule is CC(C)(C)OC(=O)CCN1CCN(CC(=O)Nc2cccc(NC3CCC(=O)NC3O)c2)CC1. The number of carbonyl (C=O) groups excluding carboxylic acids is 3. The number of nitrogens with zero attached hydrogens (tertiary/aromatic N) is 2. The van der Waals surface area contributed by atoms with Crippen molar-refractivity contribution in [3.05, 3.63) is 24.3 Å². The predicted molar refractivity (Wildman–Crippen MR) is 129 cm³/mol. The molecule has 3 rings (SSSR count). The Kier molecular flexibility index (Phi) is 8.87. The van der Waals surface area contributed by atoms with Crippen LogP contribution in [-0.2, 0) is 19.1 Å². The smallest absolute Gasteiger partial charge is 0.307 e. The fraction of sp³-hybridized carbons (Fsp3) is 0.625. The van der Waals surface area contributed by atoms with E-state index < -0.39 is 11.8 Å². The molecule has 2 unspecified atom stereocenters. The molecule has 2 atom stereocenters. The second-order valence-corrected chi connectivity index (χ2v) is 9.89. The third-order valence-electron chi connectivity index (χ3n) is 5.76. The van der Waals surface area contributed by atoms with E-state index in [1.54, 1.807) is 0 Å². The Bertz CT molecular complexity index is 864. The molecule has 0 aromatic heterocycles. The lowest BCUT2D eigenvalue weighted by Crippen LogP contribution is -2.51. The summed E-state index contributed by atoms with van der Waals surface area (Å²) in [5, 5.41) is 18.7. The molecule has 2 heterocycles. The molecular formula is C24H37N5O5. The number of rotatable bonds is 8. The summed E-state index contributed by atoms with van der Waals surface area (Å²) in [5.74, 6) is -0.437. The first-order valence-electron chi connectivity index (χ1n) is 11.9. The molecule has 2 fully saturated rings. The summed E-state index contributed by atoms with van der Waals surface area (Å²) >= 11 is 0. The van der Waals surface area contributed by atoms with Crippen LogP contribution < -0.4 is 16.0 Å². The van der Waals surface area contributed by atoms with E-state index in [1.807, 2.05) is 45.0 Å². The maximum atomic E-state index is 12.6. The minimum Gasteiger partial charge on any atom is -0.460 e. The summed E-state index contributed by atoms with van der Waals surface area (Å²) in [7, 11) is 0. The van der Waals surface area contributed by atoms with Crippen LogP contribution in [0.5, 0.6) is 0 Å². The Morgan fingerprint density at radius 2 is 1.82 bits per heavy atom. The summed E-state index contributed by atoms with van der Waals surface area (Å²) in [4.78, 5) is 40.1. The number of nitrogens with one attached hydrogen (secondary N) is 3. The fourth-order valence-electron chi connectivity index (χ4n) is 4.05. The summed E-state index contributed by atoms with van der Waals surface area (Å²) in [6.45, 7) is 9.67. The second kappa shape index (κ2) is 11.6. The lowest BCUT2D eigenvalue weighted by Gasteiger charge is -2.34. The third-order valence-corrected chi connectivity index (χ3v) is 5.76. The van der Waals surface area contributed by atoms with Gasteiger partial charge in [-0.15, -0.1) is 0 Å². The van der Waals surface area contributed by atoms with Gasteiger partial charge >= 0.3 is 5.97 Å². The lowest BCUT2D eigenvalue weighted by molar-refractivity contribution is -0.155. The van der Waals surface area contributed by atoms with Gasteiger partial charge in [0.15, 0.2) is 0 Å². The van der Waals surface area contributed by atoms with Gasteiger partial charge in [-0.1, -0.05) is 6.07 Å². The van der Waals surface area contributed by atoms with Gasteiger partial charge in [0.05, 0.1) is 19.0 Å². The highest BCUT2D eigenvalue weighted by Gasteiger charge is 2.27. The number of piperazine rings is 1. The molecule has 34 heavy (non-hydrogen) atoms. The molecule has 2 aliphatic heterocycles. The van der Waals surface area contributed by atoms with Gasteiger partial charge in [0.25, 0.3) is 0 Å². The van der Waals surface area contributed by atoms with E-state index in [9.17, 15) is 19.5 Å². The van der Waals surface area contributed by atoms with Crippen molar-refractivity contribution in [3.63, 3.8) is 0 Å². The second-order valence-electron chi connectivity index (χ2n) is 9.89. The van der Waals surface area contributed by atoms with Crippen molar-refractivity contribution >= 4 is 29.2 Å². The van der Waals surface area contributed by atoms with E-state index >= 15 is 0 Å². The number of anilines is 2. The molecule has 2 aliphatic rings. The first-order valence-corrected chi connectivity index (χ1v) is 11.9. The zero-order valence-electron chi connectivity index (χ0n) is 20.3. The van der Waals surface area contributed by atoms with Gasteiger partial charge in [0.1, 0.15) is 11.8 Å². The Morgan fingerprint density at radius 1 is 1.15 bits per heavy atom. The summed E-state index contributed by atoms with van der Waals surface area (Å²) in [6, 6.07) is 7.03. The van der Waals surface area contributed by atoms with Crippen LogP contribution in [0, 0.1) is 0 Å². The van der Waals surface area contributed by atoms with Crippen molar-refractivity contribution in [2.24, 2.45) is 0 Å². The Morgan fingerprint density at radius 3 is 2.50 bits per heavy atom. The van der Waals surface area contributed by atoms with E-state index in [1.165, 1.54) is 0 Å². The average Bonchev–Trinajstić information content (AvgIpc) is 2.74. The molecule has 2 saturated heterocycles. The van der Waals surface area contributed by atoms with Crippen LogP contribution in [0.4, 0.5) is 11.4 Å². The molecular weight excluding hydrogens is 438 g/mol. The Balaban J connectivity index is 1.39. The summed E-state index contributed by atoms with van der Waals surface area (Å²) < 4.78 is 5.36. The molecule has 188 valence electrons. The van der Waals surface area contributed by atoms with Gasteiger partial charge in [-0.05, 0) is 45.4 Å². The zero-order chi connectivity index (χ0) is 24.7. The number of aliphatic hydroxyl groups excluding tert-OH is 1. The number of piperidine rings is 1. The number of hydrogen-bond donors (Lipinski definition) is 4. The van der Waals surface area contributed by atoms with Crippen LogP contribution in [0.25, 0.3) is 0 Å². The van der Waals surface area contributed by atoms with Gasteiger partial charge in [0, 0.05) is 50.5 Å². The molecule has 10 heteroatoms. The number of amides is 2. The minimum atomic E-state index is -0.942. The largest absolute Gasteiger partial charge is 0.460 e. The van der Waals surface area contributed by atoms with Crippen molar-refractivity contribution in [3.8, 4) is 0 Å². The van der Waals surface area contributed by atoms with Crippen molar-refractivity contribution in [2.75, 3.05) is 49.9 Å². The Hall–Kier alpha value is -2.69. The number of benzene rings is 1. The fourth-order valence-corrected chi connectivity index (χ4v) is 4.05. The predicted octanol–water partition coefficient (Wildman–Crippen LogP) is 0.983. The topological polar surface area (TPSA) is 123 Å². The third kappa shape index (κ3) is 8.58. The first kappa shape index (κ1) is 25.9. The van der Waals surface area contributed by atoms with E-state index in [0.29, 0.717) is 38.0 Å². The van der Waals surface area contributed by atoms with Crippen molar-refractivity contribution in [1.29, 1.82) is 0 Å². The van der Waals surface area contributed by atoms with Crippen LogP contribution in [0.3, 0.4) is 0 Å². The first-order chi connectivity index (χ1) is 16.1. The van der Waals surface area contributed by atoms with Gasteiger partial charge in [-0.3, -0.25) is 19.3 Å². The lowest BCUT2D eigenvalue weighted by atomic mass is 10.0. The van der Waals surface area contributed by atoms with E-state index in [0.717, 1.165) is 31.9 Å². The molecule has 2 amide bonds. The zero-order valence-corrected chi connectivity index (χ0v) is 20.3. The van der Waals surface area contributed by atoms with Crippen LogP contribution in [-0.4, -0.2) is 89.8 Å². The van der Waals surface area contributed by atoms with Gasteiger partial charge in [-0.25, -0.2) is 0 Å². The van der Waals surface area contributed by atoms with Crippen molar-refractivity contribution in [1.82, 2.24) is 15.1 Å². The number of carbonyl (C=O) groups is 3. The van der Waals surface area contributed by atoms with E-state index in [-0.39, 0.29) is 23.8 Å². The molecule has 10 nitrogen and oxygen atoms in total. The molecule has 4 N–H and O–H groups in total. The number of hydrogen-bond acceptors (Lipinski definition) is 8. The maximum absolute atomic E-state index is 12.6.